The Morgan fingerprint density at radius 1 is 0.895 bits per heavy atom. The molecule has 4 heterocycles. The number of hydrogen-bond donors (Lipinski definition) is 10. The van der Waals surface area contributed by atoms with E-state index < -0.39 is 175 Å². The van der Waals surface area contributed by atoms with Crippen LogP contribution in [0.4, 0.5) is 0 Å². The summed E-state index contributed by atoms with van der Waals surface area (Å²) in [5.74, 6) is -11.3. The number of nitrogens with zero attached hydrogens (tertiary/aromatic N) is 1. The van der Waals surface area contributed by atoms with E-state index in [4.69, 9.17) is 10.5 Å². The van der Waals surface area contributed by atoms with Gasteiger partial charge in [-0.25, -0.2) is 0 Å². The van der Waals surface area contributed by atoms with Gasteiger partial charge >= 0.3 is 0 Å². The van der Waals surface area contributed by atoms with Gasteiger partial charge in [-0.05, 0) is 48.8 Å². The van der Waals surface area contributed by atoms with E-state index in [-0.39, 0.29) is 28.7 Å². The number of benzene rings is 1. The molecule has 11 N–H and O–H groups in total. The van der Waals surface area contributed by atoms with Crippen molar-refractivity contribution in [1.82, 2.24) is 36.5 Å². The molecule has 0 spiro atoms. The van der Waals surface area contributed by atoms with Crippen molar-refractivity contribution < 1.29 is 67.4 Å². The van der Waals surface area contributed by atoms with Gasteiger partial charge in [0.1, 0.15) is 22.9 Å². The summed E-state index contributed by atoms with van der Waals surface area (Å²) in [6.45, 7) is 9.00. The number of carbonyl (C=O) groups is 9. The molecule has 1 aromatic carbocycles. The molecule has 12 atom stereocenters. The molecule has 2 bridgehead atoms. The maximum atomic E-state index is 15.0. The molecule has 1 aromatic heterocycles. The van der Waals surface area contributed by atoms with E-state index in [2.05, 4.69) is 52.3 Å². The number of ether oxygens (including phenoxy) is 1. The third-order valence-electron chi connectivity index (χ3n) is 14.1. The lowest BCUT2D eigenvalue weighted by Gasteiger charge is -2.32. The second-order valence-electron chi connectivity index (χ2n) is 20.6. The van der Waals surface area contributed by atoms with Gasteiger partial charge in [0.15, 0.2) is 11.6 Å². The minimum absolute atomic E-state index is 0.0267. The number of nitrogens with two attached hydrogens (primary N) is 1. The van der Waals surface area contributed by atoms with Crippen molar-refractivity contribution in [2.45, 2.75) is 146 Å². The molecule has 3 unspecified atom stereocenters. The first-order valence-electron chi connectivity index (χ1n) is 26.0. The van der Waals surface area contributed by atoms with Crippen LogP contribution >= 0.6 is 21.6 Å². The monoisotopic (exact) mass is 1120 g/mol. The maximum absolute atomic E-state index is 15.0. The van der Waals surface area contributed by atoms with Crippen molar-refractivity contribution in [3.05, 3.63) is 23.8 Å². The standard InChI is InChI=1S/C51H76N8O14S3/c1-7-27(4)45-49(70)54-21-43(66)55-37-25-76(72)50-35(34-11-10-33(20-36(34)56-50)73-13-12-28(5)75-74-14-8-9-26(2)3)15-30(47(68)53-22-44(67)57-45)16-40(63)46(29(6)41(64)24-60)58-48(69)38-19-32(61)23-59(38)51(71)31(17-39(37)62)18-42(52)65/h10-11,20,26-32,37-38,41,45-46,56,60-61,64H,7-9,12-19,21-25H2,1-6H3,(H2,52,65)(H,53,68)(H,54,70)(H,55,66)(H,57,67)(H,58,69)/t27-,28?,29-,30+,31-,32?,37?,38-,41-,45-,46-,76+/m0/s1. The number of carbonyl (C=O) groups excluding carboxylic acids is 9. The Labute approximate surface area is 453 Å². The van der Waals surface area contributed by atoms with E-state index in [9.17, 15) is 58.5 Å². The van der Waals surface area contributed by atoms with Gasteiger partial charge < -0.3 is 62.3 Å². The number of rotatable bonds is 17. The predicted molar refractivity (Wildman–Crippen MR) is 287 cm³/mol. The average Bonchev–Trinajstić information content (AvgIpc) is 3.95. The van der Waals surface area contributed by atoms with Gasteiger partial charge in [-0.2, -0.15) is 0 Å². The first kappa shape index (κ1) is 61.8. The summed E-state index contributed by atoms with van der Waals surface area (Å²) in [7, 11) is 1.32. The fourth-order valence-corrected chi connectivity index (χ4v) is 13.3. The molecule has 3 aliphatic rings. The zero-order chi connectivity index (χ0) is 56.0. The number of aliphatic hydroxyl groups is 3. The third kappa shape index (κ3) is 17.2. The number of Topliss-reactive ketones (excluding diaryl/α,β-unsaturated/α-hetero) is 2. The van der Waals surface area contributed by atoms with Crippen molar-refractivity contribution in [3.8, 4) is 5.75 Å². The fraction of sp³-hybridized carbons (Fsp3) is 0.667. The summed E-state index contributed by atoms with van der Waals surface area (Å²) in [5.41, 5.74) is 6.22. The molecule has 3 aliphatic heterocycles. The van der Waals surface area contributed by atoms with Gasteiger partial charge in [-0.1, -0.05) is 76.0 Å². The minimum Gasteiger partial charge on any atom is -0.493 e. The number of nitrogens with one attached hydrogen (secondary N) is 6. The number of fused-ring (bicyclic) bond motifs is 5. The van der Waals surface area contributed by atoms with E-state index in [1.165, 1.54) is 6.92 Å². The van der Waals surface area contributed by atoms with Crippen molar-refractivity contribution in [3.63, 3.8) is 0 Å². The van der Waals surface area contributed by atoms with Crippen LogP contribution in [0.3, 0.4) is 0 Å². The number of ketones is 2. The Kier molecular flexibility index (Phi) is 23.6. The van der Waals surface area contributed by atoms with Crippen LogP contribution in [0.1, 0.15) is 98.5 Å². The third-order valence-corrected chi connectivity index (χ3v) is 18.6. The summed E-state index contributed by atoms with van der Waals surface area (Å²) in [6, 6.07) is -0.996. The lowest BCUT2D eigenvalue weighted by atomic mass is 9.85. The predicted octanol–water partition coefficient (Wildman–Crippen LogP) is 0.530. The summed E-state index contributed by atoms with van der Waals surface area (Å²) < 4.78 is 21.2. The molecule has 2 aromatic rings. The number of amides is 7. The van der Waals surface area contributed by atoms with Gasteiger partial charge in [-0.15, -0.1) is 0 Å². The highest BCUT2D eigenvalue weighted by atomic mass is 33.1. The highest BCUT2D eigenvalue weighted by Gasteiger charge is 2.45. The molecule has 0 radical (unpaired) electrons. The van der Waals surface area contributed by atoms with Gasteiger partial charge in [-0.3, -0.25) is 47.4 Å². The van der Waals surface area contributed by atoms with E-state index in [0.29, 0.717) is 35.6 Å². The van der Waals surface area contributed by atoms with Crippen LogP contribution < -0.4 is 37.1 Å². The van der Waals surface area contributed by atoms with Crippen LogP contribution in [0, 0.1) is 29.6 Å². The molecule has 7 amide bonds. The second-order valence-corrected chi connectivity index (χ2v) is 25.0. The minimum atomic E-state index is -2.30. The summed E-state index contributed by atoms with van der Waals surface area (Å²) in [6.07, 6.45) is -2.43. The summed E-state index contributed by atoms with van der Waals surface area (Å²) >= 11 is 0. The highest BCUT2D eigenvalue weighted by molar-refractivity contribution is 8.76. The number of aliphatic hydroxyl groups excluding tert-OH is 3. The van der Waals surface area contributed by atoms with Gasteiger partial charge in [0, 0.05) is 66.5 Å². The molecule has 76 heavy (non-hydrogen) atoms. The molecule has 25 heteroatoms. The molecule has 422 valence electrons. The van der Waals surface area contributed by atoms with Crippen LogP contribution in [-0.4, -0.2) is 168 Å². The zero-order valence-electron chi connectivity index (χ0n) is 44.1. The Bertz CT molecular complexity index is 2460. The summed E-state index contributed by atoms with van der Waals surface area (Å²) in [5, 5.41) is 45.2. The van der Waals surface area contributed by atoms with E-state index >= 15 is 4.21 Å². The number of aromatic amines is 1. The van der Waals surface area contributed by atoms with Crippen LogP contribution in [0.15, 0.2) is 23.2 Å². The Morgan fingerprint density at radius 2 is 1.59 bits per heavy atom. The van der Waals surface area contributed by atoms with Crippen molar-refractivity contribution in [2.24, 2.45) is 35.3 Å². The smallest absolute Gasteiger partial charge is 0.243 e. The van der Waals surface area contributed by atoms with Crippen molar-refractivity contribution in [1.29, 1.82) is 0 Å². The van der Waals surface area contributed by atoms with Crippen LogP contribution in [-0.2, 0) is 60.4 Å². The highest BCUT2D eigenvalue weighted by Crippen LogP contribution is 2.34. The lowest BCUT2D eigenvalue weighted by molar-refractivity contribution is -0.145. The molecule has 22 nitrogen and oxygen atoms in total. The SMILES string of the molecule is CC[C@H](C)[C@@H]1NC(=O)CNC(=O)[C@H]2CC(=O)[C@H]([C@@H](C)[C@@H](O)CO)NC(=O)[C@@H]3CC(O)CN3C(=O)[C@H](CC(N)=O)CC(=O)C(C[S@@](=O)c3[nH]c4cc(OCCC(C)SSCCCC(C)C)ccc4c3C2)NC(=O)CNC1=O. The number of aromatic nitrogens is 1. The number of H-pyrrole nitrogens is 1. The van der Waals surface area contributed by atoms with Crippen molar-refractivity contribution >= 4 is 96.2 Å². The Hall–Kier alpha value is -5.08. The van der Waals surface area contributed by atoms with Crippen LogP contribution in [0.25, 0.3) is 10.9 Å². The van der Waals surface area contributed by atoms with Crippen LogP contribution in [0.2, 0.25) is 0 Å². The molecule has 5 rings (SSSR count). The van der Waals surface area contributed by atoms with Gasteiger partial charge in [0.25, 0.3) is 0 Å². The molecular formula is C51H76N8O14S3. The number of hydrogen-bond acceptors (Lipinski definition) is 16. The molecule has 1 saturated heterocycles. The zero-order valence-corrected chi connectivity index (χ0v) is 46.5. The quantitative estimate of drug-likeness (QED) is 0.0763. The fourth-order valence-electron chi connectivity index (χ4n) is 9.45. The molecule has 0 saturated carbocycles. The summed E-state index contributed by atoms with van der Waals surface area (Å²) in [4.78, 5) is 130. The topological polar surface area (TPSA) is 346 Å². The Morgan fingerprint density at radius 3 is 2.26 bits per heavy atom. The first-order chi connectivity index (χ1) is 36.0. The molecular weight excluding hydrogens is 1040 g/mol. The Balaban J connectivity index is 1.66. The molecule has 0 aliphatic carbocycles. The van der Waals surface area contributed by atoms with Crippen LogP contribution in [0.5, 0.6) is 5.75 Å². The number of primary amides is 1. The van der Waals surface area contributed by atoms with Gasteiger partial charge in [0.05, 0.1) is 78.6 Å². The van der Waals surface area contributed by atoms with Gasteiger partial charge in [0.2, 0.25) is 41.4 Å². The van der Waals surface area contributed by atoms with Crippen molar-refractivity contribution in [2.75, 3.05) is 44.4 Å². The molecule has 1 fully saturated rings. The largest absolute Gasteiger partial charge is 0.493 e. The lowest BCUT2D eigenvalue weighted by Crippen LogP contribution is -2.56. The first-order valence-corrected chi connectivity index (χ1v) is 29.7. The maximum Gasteiger partial charge on any atom is 0.243 e. The second kappa shape index (κ2) is 29.1. The van der Waals surface area contributed by atoms with E-state index in [1.807, 2.05) is 10.8 Å². The normalized spacial score (nSPS) is 26.6. The average molecular weight is 1120 g/mol. The van der Waals surface area contributed by atoms with E-state index in [0.717, 1.165) is 29.9 Å². The van der Waals surface area contributed by atoms with E-state index in [1.54, 1.807) is 42.8 Å².